The minimum absolute atomic E-state index is 0.442. The van der Waals surface area contributed by atoms with Crippen LogP contribution >= 0.6 is 0 Å². The van der Waals surface area contributed by atoms with Gasteiger partial charge in [0.1, 0.15) is 5.75 Å². The number of hydrogen-bond donors (Lipinski definition) is 1. The number of phenols is 1. The summed E-state index contributed by atoms with van der Waals surface area (Å²) in [5.74, 6) is 3.96. The summed E-state index contributed by atoms with van der Waals surface area (Å²) in [5.41, 5.74) is 3.58. The molecule has 108 valence electrons. The van der Waals surface area contributed by atoms with Gasteiger partial charge in [0, 0.05) is 0 Å². The molecule has 0 bridgehead atoms. The van der Waals surface area contributed by atoms with E-state index in [-0.39, 0.29) is 0 Å². The van der Waals surface area contributed by atoms with Gasteiger partial charge in [-0.3, -0.25) is 0 Å². The van der Waals surface area contributed by atoms with Crippen LogP contribution < -0.4 is 0 Å². The number of benzene rings is 1. The summed E-state index contributed by atoms with van der Waals surface area (Å²) in [5, 5.41) is 9.71. The lowest BCUT2D eigenvalue weighted by molar-refractivity contribution is 0.0336. The molecule has 2 fully saturated rings. The molecule has 0 saturated heterocycles. The molecule has 1 N–H and O–H groups in total. The molecule has 1 nitrogen and oxygen atoms in total. The molecule has 0 amide bonds. The zero-order chi connectivity index (χ0) is 13.9. The van der Waals surface area contributed by atoms with Crippen molar-refractivity contribution in [1.29, 1.82) is 0 Å². The van der Waals surface area contributed by atoms with E-state index in [1.165, 1.54) is 44.1 Å². The average Bonchev–Trinajstić information content (AvgIpc) is 2.74. The molecule has 3 aliphatic rings. The van der Waals surface area contributed by atoms with E-state index >= 15 is 0 Å². The zero-order valence-corrected chi connectivity index (χ0v) is 12.7. The van der Waals surface area contributed by atoms with Gasteiger partial charge in [0.15, 0.2) is 0 Å². The first-order valence-corrected chi connectivity index (χ1v) is 8.41. The van der Waals surface area contributed by atoms with Crippen molar-refractivity contribution in [3.63, 3.8) is 0 Å². The number of phenolic OH excluding ortho intramolecular Hbond substituents is 1. The second kappa shape index (κ2) is 4.26. The highest BCUT2D eigenvalue weighted by Crippen LogP contribution is 2.62. The fourth-order valence-corrected chi connectivity index (χ4v) is 5.83. The smallest absolute Gasteiger partial charge is 0.115 e. The summed E-state index contributed by atoms with van der Waals surface area (Å²) in [4.78, 5) is 0. The average molecular weight is 270 g/mol. The lowest BCUT2D eigenvalue weighted by Crippen LogP contribution is -2.41. The first-order chi connectivity index (χ1) is 9.59. The van der Waals surface area contributed by atoms with Crippen LogP contribution in [0.25, 0.3) is 0 Å². The van der Waals surface area contributed by atoms with Crippen molar-refractivity contribution in [2.24, 2.45) is 23.2 Å². The maximum Gasteiger partial charge on any atom is 0.115 e. The van der Waals surface area contributed by atoms with Crippen LogP contribution in [-0.4, -0.2) is 5.11 Å². The zero-order valence-electron chi connectivity index (χ0n) is 12.7. The Morgan fingerprint density at radius 3 is 2.85 bits per heavy atom. The highest BCUT2D eigenvalue weighted by atomic mass is 16.3. The van der Waals surface area contributed by atoms with Crippen molar-refractivity contribution >= 4 is 0 Å². The number of hydrogen-bond acceptors (Lipinski definition) is 1. The van der Waals surface area contributed by atoms with Crippen molar-refractivity contribution in [2.45, 2.75) is 58.3 Å². The van der Waals surface area contributed by atoms with Gasteiger partial charge in [-0.2, -0.15) is 0 Å². The standard InChI is InChI=1S/C19H26O/c1-12-3-8-18-17-6-4-13-11-14(20)5-7-15(13)16(17)9-10-19(12,18)2/h5,7,11-12,16-18,20H,3-4,6,8-10H2,1-2H3/t12-,16+,17+,18-,19-/m1/s1. The summed E-state index contributed by atoms with van der Waals surface area (Å²) in [6.45, 7) is 5.05. The van der Waals surface area contributed by atoms with Crippen LogP contribution in [0.3, 0.4) is 0 Å². The molecule has 5 atom stereocenters. The lowest BCUT2D eigenvalue weighted by Gasteiger charge is -2.50. The molecule has 3 aliphatic carbocycles. The highest BCUT2D eigenvalue weighted by molar-refractivity contribution is 5.40. The summed E-state index contributed by atoms with van der Waals surface area (Å²) >= 11 is 0. The largest absolute Gasteiger partial charge is 0.508 e. The van der Waals surface area contributed by atoms with E-state index in [0.29, 0.717) is 11.2 Å². The predicted octanol–water partition coefficient (Wildman–Crippen LogP) is 4.88. The molecule has 0 spiro atoms. The summed E-state index contributed by atoms with van der Waals surface area (Å²) in [7, 11) is 0. The molecule has 0 aromatic heterocycles. The normalized spacial score (nSPS) is 42.7. The second-order valence-electron chi connectivity index (χ2n) is 7.82. The molecule has 1 heteroatoms. The van der Waals surface area contributed by atoms with Gasteiger partial charge in [0.2, 0.25) is 0 Å². The number of fused-ring (bicyclic) bond motifs is 5. The summed E-state index contributed by atoms with van der Waals surface area (Å²) < 4.78 is 0. The van der Waals surface area contributed by atoms with E-state index < -0.39 is 0 Å². The van der Waals surface area contributed by atoms with Crippen LogP contribution in [0.4, 0.5) is 0 Å². The minimum atomic E-state index is 0.442. The van der Waals surface area contributed by atoms with Crippen molar-refractivity contribution in [1.82, 2.24) is 0 Å². The van der Waals surface area contributed by atoms with Crippen LogP contribution in [0, 0.1) is 23.2 Å². The Morgan fingerprint density at radius 2 is 2.00 bits per heavy atom. The lowest BCUT2D eigenvalue weighted by atomic mass is 9.54. The van der Waals surface area contributed by atoms with Gasteiger partial charge in [-0.25, -0.2) is 0 Å². The Morgan fingerprint density at radius 1 is 1.15 bits per heavy atom. The molecule has 0 aliphatic heterocycles. The fraction of sp³-hybridized carbons (Fsp3) is 0.684. The van der Waals surface area contributed by atoms with Crippen molar-refractivity contribution in [2.75, 3.05) is 0 Å². The monoisotopic (exact) mass is 270 g/mol. The number of rotatable bonds is 0. The SMILES string of the molecule is C[C@@H]1CC[C@@H]2[C@H]3CCc4cc(O)ccc4[C@@H]3CC[C@]12C. The Labute approximate surface area is 122 Å². The third kappa shape index (κ3) is 1.61. The Hall–Kier alpha value is -0.980. The second-order valence-corrected chi connectivity index (χ2v) is 7.82. The summed E-state index contributed by atoms with van der Waals surface area (Å²) in [6.07, 6.45) is 8.17. The number of aromatic hydroxyl groups is 1. The molecule has 0 unspecified atom stereocenters. The molecule has 0 heterocycles. The van der Waals surface area contributed by atoms with Gasteiger partial charge in [-0.1, -0.05) is 19.9 Å². The quantitative estimate of drug-likeness (QED) is 0.712. The van der Waals surface area contributed by atoms with Gasteiger partial charge < -0.3 is 5.11 Å². The first-order valence-electron chi connectivity index (χ1n) is 8.41. The van der Waals surface area contributed by atoms with Crippen molar-refractivity contribution in [3.8, 4) is 5.75 Å². The first kappa shape index (κ1) is 12.7. The van der Waals surface area contributed by atoms with Gasteiger partial charge in [-0.15, -0.1) is 0 Å². The maximum absolute atomic E-state index is 9.71. The third-order valence-corrected chi connectivity index (χ3v) is 7.18. The van der Waals surface area contributed by atoms with E-state index in [4.69, 9.17) is 0 Å². The van der Waals surface area contributed by atoms with Crippen LogP contribution in [0.2, 0.25) is 0 Å². The van der Waals surface area contributed by atoms with Crippen molar-refractivity contribution in [3.05, 3.63) is 29.3 Å². The van der Waals surface area contributed by atoms with Gasteiger partial charge in [0.25, 0.3) is 0 Å². The molecule has 4 rings (SSSR count). The number of aryl methyl sites for hydroxylation is 1. The molecule has 1 aromatic rings. The van der Waals surface area contributed by atoms with Gasteiger partial charge in [0.05, 0.1) is 0 Å². The Bertz CT molecular complexity index is 535. The topological polar surface area (TPSA) is 20.2 Å². The summed E-state index contributed by atoms with van der Waals surface area (Å²) in [6, 6.07) is 6.12. The van der Waals surface area contributed by atoms with Crippen LogP contribution in [0.15, 0.2) is 18.2 Å². The minimum Gasteiger partial charge on any atom is -0.508 e. The van der Waals surface area contributed by atoms with Gasteiger partial charge in [-0.05, 0) is 90.9 Å². The maximum atomic E-state index is 9.71. The molecule has 1 aromatic carbocycles. The molecule has 2 saturated carbocycles. The Kier molecular flexibility index (Phi) is 2.71. The van der Waals surface area contributed by atoms with E-state index in [0.717, 1.165) is 23.7 Å². The van der Waals surface area contributed by atoms with Crippen LogP contribution in [0.1, 0.15) is 63.0 Å². The Balaban J connectivity index is 1.71. The van der Waals surface area contributed by atoms with E-state index in [9.17, 15) is 5.11 Å². The van der Waals surface area contributed by atoms with Crippen LogP contribution in [-0.2, 0) is 6.42 Å². The van der Waals surface area contributed by atoms with Crippen LogP contribution in [0.5, 0.6) is 5.75 Å². The molecule has 20 heavy (non-hydrogen) atoms. The highest BCUT2D eigenvalue weighted by Gasteiger charge is 2.53. The molecular weight excluding hydrogens is 244 g/mol. The predicted molar refractivity (Wildman–Crippen MR) is 81.9 cm³/mol. The van der Waals surface area contributed by atoms with Crippen molar-refractivity contribution < 1.29 is 5.11 Å². The molecular formula is C19H26O. The molecule has 0 radical (unpaired) electrons. The van der Waals surface area contributed by atoms with E-state index in [1.54, 1.807) is 5.56 Å². The van der Waals surface area contributed by atoms with E-state index in [2.05, 4.69) is 19.9 Å². The van der Waals surface area contributed by atoms with Gasteiger partial charge >= 0.3 is 0 Å². The van der Waals surface area contributed by atoms with E-state index in [1.807, 2.05) is 12.1 Å². The fourth-order valence-electron chi connectivity index (χ4n) is 5.83. The third-order valence-electron chi connectivity index (χ3n) is 7.18.